The van der Waals surface area contributed by atoms with Crippen molar-refractivity contribution in [2.45, 2.75) is 32.3 Å². The van der Waals surface area contributed by atoms with Gasteiger partial charge in [-0.25, -0.2) is 4.79 Å². The monoisotopic (exact) mass is 282 g/mol. The van der Waals surface area contributed by atoms with E-state index in [1.54, 1.807) is 16.2 Å². The standard InChI is InChI=1S/C14H22N2O2S/c1-10-5-6-16(9-12(10)17)14(18)15-8-11(2)13-4-3-7-19-13/h3-4,7,10-12,17H,5-6,8-9H2,1-2H3,(H,15,18). The van der Waals surface area contributed by atoms with E-state index in [4.69, 9.17) is 0 Å². The third-order valence-electron chi connectivity index (χ3n) is 3.79. The molecule has 106 valence electrons. The molecule has 0 saturated carbocycles. The van der Waals surface area contributed by atoms with Gasteiger partial charge in [-0.1, -0.05) is 19.9 Å². The number of hydrogen-bond acceptors (Lipinski definition) is 3. The van der Waals surface area contributed by atoms with Crippen molar-refractivity contribution in [3.05, 3.63) is 22.4 Å². The summed E-state index contributed by atoms with van der Waals surface area (Å²) in [7, 11) is 0. The molecule has 2 rings (SSSR count). The van der Waals surface area contributed by atoms with Crippen molar-refractivity contribution in [1.29, 1.82) is 0 Å². The summed E-state index contributed by atoms with van der Waals surface area (Å²) in [6.45, 7) is 5.96. The SMILES string of the molecule is CC(CNC(=O)N1CCC(C)C(O)C1)c1cccs1. The van der Waals surface area contributed by atoms with Crippen LogP contribution in [0.4, 0.5) is 4.79 Å². The van der Waals surface area contributed by atoms with E-state index in [-0.39, 0.29) is 11.9 Å². The Morgan fingerprint density at radius 2 is 2.47 bits per heavy atom. The number of piperidine rings is 1. The molecule has 0 bridgehead atoms. The molecule has 0 aromatic carbocycles. The molecule has 1 saturated heterocycles. The third-order valence-corrected chi connectivity index (χ3v) is 4.90. The highest BCUT2D eigenvalue weighted by molar-refractivity contribution is 7.10. The smallest absolute Gasteiger partial charge is 0.317 e. The van der Waals surface area contributed by atoms with Crippen LogP contribution in [0.25, 0.3) is 0 Å². The normalized spacial score (nSPS) is 25.1. The average Bonchev–Trinajstić information content (AvgIpc) is 2.92. The molecule has 3 unspecified atom stereocenters. The number of urea groups is 1. The Hall–Kier alpha value is -1.07. The summed E-state index contributed by atoms with van der Waals surface area (Å²) in [4.78, 5) is 15.0. The van der Waals surface area contributed by atoms with Gasteiger partial charge in [-0.2, -0.15) is 0 Å². The number of rotatable bonds is 3. The number of carbonyl (C=O) groups excluding carboxylic acids is 1. The molecule has 1 aromatic rings. The topological polar surface area (TPSA) is 52.6 Å². The lowest BCUT2D eigenvalue weighted by Gasteiger charge is -2.34. The fourth-order valence-corrected chi connectivity index (χ4v) is 3.04. The van der Waals surface area contributed by atoms with Crippen LogP contribution in [-0.4, -0.2) is 41.8 Å². The Labute approximate surface area is 118 Å². The summed E-state index contributed by atoms with van der Waals surface area (Å²) in [6.07, 6.45) is 0.476. The quantitative estimate of drug-likeness (QED) is 0.893. The Morgan fingerprint density at radius 3 is 3.11 bits per heavy atom. The molecule has 2 heterocycles. The summed E-state index contributed by atoms with van der Waals surface area (Å²) >= 11 is 1.71. The van der Waals surface area contributed by atoms with Gasteiger partial charge >= 0.3 is 6.03 Å². The highest BCUT2D eigenvalue weighted by Gasteiger charge is 2.27. The predicted octanol–water partition coefficient (Wildman–Crippen LogP) is 2.26. The van der Waals surface area contributed by atoms with Gasteiger partial charge in [0.15, 0.2) is 0 Å². The summed E-state index contributed by atoms with van der Waals surface area (Å²) < 4.78 is 0. The minimum atomic E-state index is -0.394. The number of carbonyl (C=O) groups is 1. The van der Waals surface area contributed by atoms with Crippen LogP contribution in [0.1, 0.15) is 31.1 Å². The van der Waals surface area contributed by atoms with Crippen LogP contribution in [0.3, 0.4) is 0 Å². The summed E-state index contributed by atoms with van der Waals surface area (Å²) in [6, 6.07) is 4.06. The zero-order valence-electron chi connectivity index (χ0n) is 11.5. The largest absolute Gasteiger partial charge is 0.391 e. The molecular weight excluding hydrogens is 260 g/mol. The highest BCUT2D eigenvalue weighted by atomic mass is 32.1. The maximum atomic E-state index is 12.0. The molecule has 2 amide bonds. The fraction of sp³-hybridized carbons (Fsp3) is 0.643. The van der Waals surface area contributed by atoms with Crippen LogP contribution in [0, 0.1) is 5.92 Å². The molecule has 1 fully saturated rings. The van der Waals surface area contributed by atoms with Gasteiger partial charge in [0.05, 0.1) is 6.10 Å². The third kappa shape index (κ3) is 3.70. The molecule has 4 nitrogen and oxygen atoms in total. The van der Waals surface area contributed by atoms with E-state index < -0.39 is 6.10 Å². The molecule has 3 atom stereocenters. The minimum absolute atomic E-state index is 0.0608. The highest BCUT2D eigenvalue weighted by Crippen LogP contribution is 2.20. The first-order valence-electron chi connectivity index (χ1n) is 6.82. The fourth-order valence-electron chi connectivity index (χ4n) is 2.26. The Balaban J connectivity index is 1.78. The average molecular weight is 282 g/mol. The molecular formula is C14H22N2O2S. The molecule has 0 radical (unpaired) electrons. The first kappa shape index (κ1) is 14.3. The first-order chi connectivity index (χ1) is 9.08. The number of likely N-dealkylation sites (tertiary alicyclic amines) is 1. The van der Waals surface area contributed by atoms with E-state index in [9.17, 15) is 9.90 Å². The summed E-state index contributed by atoms with van der Waals surface area (Å²) in [5.74, 6) is 0.617. The van der Waals surface area contributed by atoms with Gasteiger partial charge < -0.3 is 15.3 Å². The lowest BCUT2D eigenvalue weighted by Crippen LogP contribution is -2.50. The van der Waals surface area contributed by atoms with Gasteiger partial charge in [-0.05, 0) is 23.8 Å². The van der Waals surface area contributed by atoms with Gasteiger partial charge in [0.25, 0.3) is 0 Å². The Bertz CT molecular complexity index is 408. The maximum Gasteiger partial charge on any atom is 0.317 e. The van der Waals surface area contributed by atoms with Crippen LogP contribution >= 0.6 is 11.3 Å². The second-order valence-electron chi connectivity index (χ2n) is 5.38. The number of nitrogens with zero attached hydrogens (tertiary/aromatic N) is 1. The van der Waals surface area contributed by atoms with Crippen molar-refractivity contribution in [2.75, 3.05) is 19.6 Å². The second kappa shape index (κ2) is 6.39. The van der Waals surface area contributed by atoms with Crippen LogP contribution < -0.4 is 5.32 Å². The van der Waals surface area contributed by atoms with E-state index in [0.29, 0.717) is 19.0 Å². The van der Waals surface area contributed by atoms with Crippen LogP contribution in [0.15, 0.2) is 17.5 Å². The van der Waals surface area contributed by atoms with Gasteiger partial charge in [0.1, 0.15) is 0 Å². The van der Waals surface area contributed by atoms with Crippen LogP contribution in [-0.2, 0) is 0 Å². The number of amides is 2. The first-order valence-corrected chi connectivity index (χ1v) is 7.70. The number of aliphatic hydroxyl groups excluding tert-OH is 1. The number of β-amino-alcohol motifs (C(OH)–C–C–N with tert-alkyl or cyclic N) is 1. The van der Waals surface area contributed by atoms with Crippen molar-refractivity contribution >= 4 is 17.4 Å². The van der Waals surface area contributed by atoms with Gasteiger partial charge in [-0.15, -0.1) is 11.3 Å². The molecule has 1 aliphatic rings. The molecule has 1 aliphatic heterocycles. The number of hydrogen-bond donors (Lipinski definition) is 2. The Kier molecular flexibility index (Phi) is 4.82. The molecule has 5 heteroatoms. The summed E-state index contributed by atoms with van der Waals surface area (Å²) in [5, 5.41) is 14.8. The predicted molar refractivity (Wildman–Crippen MR) is 77.5 cm³/mol. The van der Waals surface area contributed by atoms with Crippen molar-refractivity contribution in [3.8, 4) is 0 Å². The molecule has 1 aromatic heterocycles. The van der Waals surface area contributed by atoms with Gasteiger partial charge in [-0.3, -0.25) is 0 Å². The van der Waals surface area contributed by atoms with Crippen LogP contribution in [0.2, 0.25) is 0 Å². The van der Waals surface area contributed by atoms with Crippen molar-refractivity contribution in [2.24, 2.45) is 5.92 Å². The van der Waals surface area contributed by atoms with E-state index in [1.165, 1.54) is 4.88 Å². The van der Waals surface area contributed by atoms with Crippen LogP contribution in [0.5, 0.6) is 0 Å². The molecule has 2 N–H and O–H groups in total. The zero-order chi connectivity index (χ0) is 13.8. The number of thiophene rings is 1. The summed E-state index contributed by atoms with van der Waals surface area (Å²) in [5.41, 5.74) is 0. The second-order valence-corrected chi connectivity index (χ2v) is 6.36. The minimum Gasteiger partial charge on any atom is -0.391 e. The molecule has 0 aliphatic carbocycles. The zero-order valence-corrected chi connectivity index (χ0v) is 12.3. The van der Waals surface area contributed by atoms with Gasteiger partial charge in [0.2, 0.25) is 0 Å². The van der Waals surface area contributed by atoms with E-state index in [1.807, 2.05) is 13.0 Å². The van der Waals surface area contributed by atoms with E-state index >= 15 is 0 Å². The lowest BCUT2D eigenvalue weighted by molar-refractivity contribution is 0.0435. The van der Waals surface area contributed by atoms with Gasteiger partial charge in [0, 0.05) is 30.4 Å². The molecule has 0 spiro atoms. The van der Waals surface area contributed by atoms with E-state index in [0.717, 1.165) is 13.0 Å². The molecule has 19 heavy (non-hydrogen) atoms. The maximum absolute atomic E-state index is 12.0. The Morgan fingerprint density at radius 1 is 1.68 bits per heavy atom. The number of nitrogens with one attached hydrogen (secondary N) is 1. The van der Waals surface area contributed by atoms with Crippen molar-refractivity contribution < 1.29 is 9.90 Å². The number of aliphatic hydroxyl groups is 1. The van der Waals surface area contributed by atoms with E-state index in [2.05, 4.69) is 23.7 Å². The lowest BCUT2D eigenvalue weighted by atomic mass is 9.96. The van der Waals surface area contributed by atoms with Crippen molar-refractivity contribution in [1.82, 2.24) is 10.2 Å². The van der Waals surface area contributed by atoms with Crippen molar-refractivity contribution in [3.63, 3.8) is 0 Å².